The van der Waals surface area contributed by atoms with Crippen molar-refractivity contribution in [2.45, 2.75) is 18.8 Å². The lowest BCUT2D eigenvalue weighted by Crippen LogP contribution is -2.06. The van der Waals surface area contributed by atoms with E-state index in [2.05, 4.69) is 4.98 Å². The first-order valence-electron chi connectivity index (χ1n) is 4.15. The van der Waals surface area contributed by atoms with E-state index in [1.165, 1.54) is 24.3 Å². The molecule has 0 unspecified atom stereocenters. The molecular formula is C8H12N2OS. The number of hydrogen-bond acceptors (Lipinski definition) is 4. The number of hydrogen-bond donors (Lipinski definition) is 1. The minimum absolute atomic E-state index is 0.295. The average Bonchev–Trinajstić information content (AvgIpc) is 2.54. The van der Waals surface area contributed by atoms with Crippen LogP contribution in [-0.2, 0) is 0 Å². The molecule has 12 heavy (non-hydrogen) atoms. The highest BCUT2D eigenvalue weighted by atomic mass is 32.2. The zero-order valence-corrected chi connectivity index (χ0v) is 7.64. The summed E-state index contributed by atoms with van der Waals surface area (Å²) in [4.78, 5) is 3.90. The Balaban J connectivity index is 2.08. The molecular weight excluding hydrogens is 172 g/mol. The molecule has 0 saturated carbocycles. The van der Waals surface area contributed by atoms with Crippen LogP contribution in [0.15, 0.2) is 10.6 Å². The summed E-state index contributed by atoms with van der Waals surface area (Å²) in [5, 5.41) is 0. The summed E-state index contributed by atoms with van der Waals surface area (Å²) in [6.45, 7) is 0. The van der Waals surface area contributed by atoms with Crippen LogP contribution < -0.4 is 5.73 Å². The minimum Gasteiger partial charge on any atom is -0.429 e. The Kier molecular flexibility index (Phi) is 2.26. The second-order valence-corrected chi connectivity index (χ2v) is 4.21. The highest BCUT2D eigenvalue weighted by Crippen LogP contribution is 2.31. The van der Waals surface area contributed by atoms with E-state index in [4.69, 9.17) is 10.2 Å². The SMILES string of the molecule is Nc1ncc(C2CCSCC2)o1. The molecule has 66 valence electrons. The Morgan fingerprint density at radius 1 is 1.50 bits per heavy atom. The van der Waals surface area contributed by atoms with Gasteiger partial charge in [0.25, 0.3) is 6.01 Å². The van der Waals surface area contributed by atoms with Crippen molar-refractivity contribution >= 4 is 17.8 Å². The predicted molar refractivity (Wildman–Crippen MR) is 50.2 cm³/mol. The van der Waals surface area contributed by atoms with Crippen molar-refractivity contribution in [2.24, 2.45) is 0 Å². The van der Waals surface area contributed by atoms with Gasteiger partial charge >= 0.3 is 0 Å². The van der Waals surface area contributed by atoms with Gasteiger partial charge in [-0.2, -0.15) is 11.8 Å². The predicted octanol–water partition coefficient (Wildman–Crippen LogP) is 1.87. The Morgan fingerprint density at radius 3 is 2.83 bits per heavy atom. The zero-order chi connectivity index (χ0) is 8.39. The van der Waals surface area contributed by atoms with Crippen molar-refractivity contribution in [1.82, 2.24) is 4.98 Å². The third-order valence-corrected chi connectivity index (χ3v) is 3.21. The molecule has 2 rings (SSSR count). The topological polar surface area (TPSA) is 52.0 Å². The molecule has 1 fully saturated rings. The smallest absolute Gasteiger partial charge is 0.292 e. The van der Waals surface area contributed by atoms with Gasteiger partial charge in [-0.05, 0) is 24.3 Å². The summed E-state index contributed by atoms with van der Waals surface area (Å²) in [6, 6.07) is 0.295. The Bertz CT molecular complexity index is 255. The number of rotatable bonds is 1. The van der Waals surface area contributed by atoms with Gasteiger partial charge in [0.2, 0.25) is 0 Å². The quantitative estimate of drug-likeness (QED) is 0.724. The third-order valence-electron chi connectivity index (χ3n) is 2.17. The Labute approximate surface area is 75.7 Å². The molecule has 1 aromatic rings. The van der Waals surface area contributed by atoms with Gasteiger partial charge in [-0.15, -0.1) is 0 Å². The molecule has 1 aliphatic rings. The van der Waals surface area contributed by atoms with Crippen LogP contribution in [0.2, 0.25) is 0 Å². The van der Waals surface area contributed by atoms with Gasteiger partial charge in [0.05, 0.1) is 6.20 Å². The second-order valence-electron chi connectivity index (χ2n) is 2.99. The highest BCUT2D eigenvalue weighted by Gasteiger charge is 2.18. The van der Waals surface area contributed by atoms with Crippen LogP contribution in [0, 0.1) is 0 Å². The fourth-order valence-electron chi connectivity index (χ4n) is 1.47. The van der Waals surface area contributed by atoms with Crippen LogP contribution in [0.5, 0.6) is 0 Å². The van der Waals surface area contributed by atoms with Crippen LogP contribution in [0.3, 0.4) is 0 Å². The minimum atomic E-state index is 0.295. The van der Waals surface area contributed by atoms with Gasteiger partial charge in [-0.3, -0.25) is 0 Å². The van der Waals surface area contributed by atoms with Crippen LogP contribution >= 0.6 is 11.8 Å². The number of nitrogens with zero attached hydrogens (tertiary/aromatic N) is 1. The van der Waals surface area contributed by atoms with Crippen molar-refractivity contribution < 1.29 is 4.42 Å². The molecule has 0 atom stereocenters. The maximum Gasteiger partial charge on any atom is 0.292 e. The second kappa shape index (κ2) is 3.39. The summed E-state index contributed by atoms with van der Waals surface area (Å²) in [6.07, 6.45) is 4.15. The fourth-order valence-corrected chi connectivity index (χ4v) is 2.58. The van der Waals surface area contributed by atoms with Gasteiger partial charge in [0, 0.05) is 5.92 Å². The van der Waals surface area contributed by atoms with E-state index in [9.17, 15) is 0 Å². The molecule has 3 nitrogen and oxygen atoms in total. The largest absolute Gasteiger partial charge is 0.429 e. The monoisotopic (exact) mass is 184 g/mol. The lowest BCUT2D eigenvalue weighted by molar-refractivity contribution is 0.456. The van der Waals surface area contributed by atoms with Crippen LogP contribution in [0.1, 0.15) is 24.5 Å². The van der Waals surface area contributed by atoms with E-state index in [0.29, 0.717) is 11.9 Å². The maximum atomic E-state index is 5.40. The summed E-state index contributed by atoms with van der Waals surface area (Å²) >= 11 is 2.01. The number of nitrogens with two attached hydrogens (primary N) is 1. The van der Waals surface area contributed by atoms with Gasteiger partial charge in [-0.25, -0.2) is 4.98 Å². The normalized spacial score (nSPS) is 19.7. The molecule has 1 aliphatic heterocycles. The van der Waals surface area contributed by atoms with E-state index >= 15 is 0 Å². The van der Waals surface area contributed by atoms with Crippen molar-refractivity contribution in [3.63, 3.8) is 0 Å². The molecule has 1 aromatic heterocycles. The van der Waals surface area contributed by atoms with Gasteiger partial charge in [-0.1, -0.05) is 0 Å². The molecule has 0 amide bonds. The van der Waals surface area contributed by atoms with Gasteiger partial charge in [0.15, 0.2) is 0 Å². The molecule has 2 N–H and O–H groups in total. The maximum absolute atomic E-state index is 5.40. The molecule has 0 radical (unpaired) electrons. The molecule has 2 heterocycles. The lowest BCUT2D eigenvalue weighted by atomic mass is 10.0. The Morgan fingerprint density at radius 2 is 2.25 bits per heavy atom. The average molecular weight is 184 g/mol. The van der Waals surface area contributed by atoms with Crippen molar-refractivity contribution in [3.05, 3.63) is 12.0 Å². The third kappa shape index (κ3) is 1.58. The standard InChI is InChI=1S/C8H12N2OS/c9-8-10-5-7(11-8)6-1-3-12-4-2-6/h5-6H,1-4H2,(H2,9,10). The van der Waals surface area contributed by atoms with E-state index in [1.54, 1.807) is 6.20 Å². The fraction of sp³-hybridized carbons (Fsp3) is 0.625. The first kappa shape index (κ1) is 7.98. The lowest BCUT2D eigenvalue weighted by Gasteiger charge is -2.18. The number of thioether (sulfide) groups is 1. The van der Waals surface area contributed by atoms with Crippen LogP contribution in [0.25, 0.3) is 0 Å². The first-order chi connectivity index (χ1) is 5.86. The van der Waals surface area contributed by atoms with E-state index in [-0.39, 0.29) is 0 Å². The summed E-state index contributed by atoms with van der Waals surface area (Å²) < 4.78 is 5.28. The number of anilines is 1. The van der Waals surface area contributed by atoms with Crippen molar-refractivity contribution in [1.29, 1.82) is 0 Å². The number of nitrogen functional groups attached to an aromatic ring is 1. The number of aromatic nitrogens is 1. The molecule has 0 aliphatic carbocycles. The molecule has 4 heteroatoms. The number of oxazole rings is 1. The van der Waals surface area contributed by atoms with Gasteiger partial charge in [0.1, 0.15) is 5.76 Å². The van der Waals surface area contributed by atoms with Crippen LogP contribution in [-0.4, -0.2) is 16.5 Å². The zero-order valence-electron chi connectivity index (χ0n) is 6.82. The van der Waals surface area contributed by atoms with E-state index in [1.807, 2.05) is 11.8 Å². The molecule has 1 saturated heterocycles. The van der Waals surface area contributed by atoms with Crippen LogP contribution in [0.4, 0.5) is 6.01 Å². The summed E-state index contributed by atoms with van der Waals surface area (Å²) in [7, 11) is 0. The van der Waals surface area contributed by atoms with E-state index in [0.717, 1.165) is 5.76 Å². The van der Waals surface area contributed by atoms with Crippen molar-refractivity contribution in [2.75, 3.05) is 17.2 Å². The summed E-state index contributed by atoms with van der Waals surface area (Å²) in [5.41, 5.74) is 5.40. The molecule has 0 spiro atoms. The van der Waals surface area contributed by atoms with E-state index < -0.39 is 0 Å². The molecule has 0 bridgehead atoms. The molecule has 0 aromatic carbocycles. The van der Waals surface area contributed by atoms with Crippen molar-refractivity contribution in [3.8, 4) is 0 Å². The summed E-state index contributed by atoms with van der Waals surface area (Å²) in [5.74, 6) is 3.97. The van der Waals surface area contributed by atoms with Gasteiger partial charge < -0.3 is 10.2 Å². The Hall–Kier alpha value is -0.640. The highest BCUT2D eigenvalue weighted by molar-refractivity contribution is 7.99. The first-order valence-corrected chi connectivity index (χ1v) is 5.30.